The predicted octanol–water partition coefficient (Wildman–Crippen LogP) is 1.97. The van der Waals surface area contributed by atoms with E-state index in [0.29, 0.717) is 0 Å². The molecule has 72 valence electrons. The number of hydrogen-bond acceptors (Lipinski definition) is 2. The summed E-state index contributed by atoms with van der Waals surface area (Å²) in [6.45, 7) is 1.38. The Bertz CT molecular complexity index is 288. The second-order valence-corrected chi connectivity index (χ2v) is 2.99. The zero-order valence-electron chi connectivity index (χ0n) is 7.88. The molecule has 1 aromatic carbocycles. The molecule has 3 heteroatoms. The zero-order chi connectivity index (χ0) is 9.84. The van der Waals surface area contributed by atoms with E-state index >= 15 is 0 Å². The lowest BCUT2D eigenvalue weighted by molar-refractivity contribution is 0.407. The van der Waals surface area contributed by atoms with Gasteiger partial charge in [-0.3, -0.25) is 0 Å². The highest BCUT2D eigenvalue weighted by Crippen LogP contribution is 2.22. The minimum Gasteiger partial charge on any atom is -0.496 e. The van der Waals surface area contributed by atoms with Crippen molar-refractivity contribution < 1.29 is 9.13 Å². The number of hydrogen-bond donors (Lipinski definition) is 1. The summed E-state index contributed by atoms with van der Waals surface area (Å²) in [6.07, 6.45) is 0. The minimum absolute atomic E-state index is 0.547. The summed E-state index contributed by atoms with van der Waals surface area (Å²) < 4.78 is 17.3. The van der Waals surface area contributed by atoms with Gasteiger partial charge in [0.25, 0.3) is 0 Å². The van der Waals surface area contributed by atoms with Crippen LogP contribution < -0.4 is 10.5 Å². The van der Waals surface area contributed by atoms with Gasteiger partial charge in [-0.2, -0.15) is 0 Å². The van der Waals surface area contributed by atoms with Crippen LogP contribution in [0.25, 0.3) is 0 Å². The van der Waals surface area contributed by atoms with E-state index in [2.05, 4.69) is 0 Å². The average Bonchev–Trinajstić information content (AvgIpc) is 2.17. The summed E-state index contributed by atoms with van der Waals surface area (Å²) in [7, 11) is 1.59. The Morgan fingerprint density at radius 3 is 2.77 bits per heavy atom. The third-order valence-electron chi connectivity index (χ3n) is 2.03. The molecule has 0 radical (unpaired) electrons. The van der Waals surface area contributed by atoms with Gasteiger partial charge in [-0.1, -0.05) is 12.1 Å². The molecule has 0 amide bonds. The third-order valence-corrected chi connectivity index (χ3v) is 2.03. The first kappa shape index (κ1) is 9.99. The number of nitrogens with two attached hydrogens (primary N) is 1. The monoisotopic (exact) mass is 183 g/mol. The highest BCUT2D eigenvalue weighted by atomic mass is 19.1. The molecule has 0 unspecified atom stereocenters. The molecule has 0 fully saturated rings. The normalized spacial score (nSPS) is 12.6. The first-order valence-electron chi connectivity index (χ1n) is 4.15. The molecule has 2 nitrogen and oxygen atoms in total. The van der Waals surface area contributed by atoms with Gasteiger partial charge >= 0.3 is 0 Å². The molecule has 1 atom stereocenters. The quantitative estimate of drug-likeness (QED) is 0.777. The lowest BCUT2D eigenvalue weighted by Gasteiger charge is -2.10. The van der Waals surface area contributed by atoms with E-state index in [1.807, 2.05) is 19.1 Å². The topological polar surface area (TPSA) is 35.2 Å². The van der Waals surface area contributed by atoms with Crippen molar-refractivity contribution in [2.45, 2.75) is 13.0 Å². The van der Waals surface area contributed by atoms with Crippen LogP contribution in [0.1, 0.15) is 17.2 Å². The number of methoxy groups -OCH3 is 1. The summed E-state index contributed by atoms with van der Waals surface area (Å²) >= 11 is 0. The summed E-state index contributed by atoms with van der Waals surface area (Å²) in [5.41, 5.74) is 7.33. The van der Waals surface area contributed by atoms with Gasteiger partial charge in [-0.25, -0.2) is 4.39 Å². The van der Waals surface area contributed by atoms with Crippen LogP contribution in [0.4, 0.5) is 4.39 Å². The minimum atomic E-state index is -0.549. The SMILES string of the molecule is COc1cc([C@H](N)CF)ccc1C. The van der Waals surface area contributed by atoms with Crippen LogP contribution in [-0.4, -0.2) is 13.8 Å². The van der Waals surface area contributed by atoms with Gasteiger partial charge in [0.2, 0.25) is 0 Å². The number of ether oxygens (including phenoxy) is 1. The van der Waals surface area contributed by atoms with Crippen LogP contribution >= 0.6 is 0 Å². The lowest BCUT2D eigenvalue weighted by Crippen LogP contribution is -2.12. The van der Waals surface area contributed by atoms with Gasteiger partial charge in [0.05, 0.1) is 13.2 Å². The Morgan fingerprint density at radius 1 is 1.54 bits per heavy atom. The second kappa shape index (κ2) is 4.23. The van der Waals surface area contributed by atoms with Crippen LogP contribution in [0.15, 0.2) is 18.2 Å². The molecule has 0 saturated heterocycles. The van der Waals surface area contributed by atoms with Crippen LogP contribution in [0, 0.1) is 6.92 Å². The summed E-state index contributed by atoms with van der Waals surface area (Å²) in [4.78, 5) is 0. The Labute approximate surface area is 77.5 Å². The maximum absolute atomic E-state index is 12.2. The lowest BCUT2D eigenvalue weighted by atomic mass is 10.1. The molecule has 0 spiro atoms. The number of benzene rings is 1. The first-order chi connectivity index (χ1) is 6.19. The summed E-state index contributed by atoms with van der Waals surface area (Å²) in [6, 6.07) is 4.93. The van der Waals surface area contributed by atoms with Crippen molar-refractivity contribution in [1.82, 2.24) is 0 Å². The Balaban J connectivity index is 2.99. The maximum Gasteiger partial charge on any atom is 0.122 e. The predicted molar refractivity (Wildman–Crippen MR) is 50.6 cm³/mol. The molecular formula is C10H14FNO. The molecule has 1 rings (SSSR count). The Morgan fingerprint density at radius 2 is 2.23 bits per heavy atom. The van der Waals surface area contributed by atoms with Crippen LogP contribution in [0.3, 0.4) is 0 Å². The standard InChI is InChI=1S/C10H14FNO/c1-7-3-4-8(9(12)6-11)5-10(7)13-2/h3-5,9H,6,12H2,1-2H3/t9-/m1/s1. The van der Waals surface area contributed by atoms with Gasteiger partial charge in [0.1, 0.15) is 12.4 Å². The van der Waals surface area contributed by atoms with Crippen LogP contribution in [-0.2, 0) is 0 Å². The van der Waals surface area contributed by atoms with E-state index in [0.717, 1.165) is 16.9 Å². The van der Waals surface area contributed by atoms with Crippen molar-refractivity contribution in [3.63, 3.8) is 0 Å². The van der Waals surface area contributed by atoms with Crippen molar-refractivity contribution in [3.8, 4) is 5.75 Å². The zero-order valence-corrected chi connectivity index (χ0v) is 7.88. The second-order valence-electron chi connectivity index (χ2n) is 2.99. The molecule has 0 heterocycles. The number of rotatable bonds is 3. The fourth-order valence-corrected chi connectivity index (χ4v) is 1.16. The Hall–Kier alpha value is -1.09. The van der Waals surface area contributed by atoms with Gasteiger partial charge in [-0.15, -0.1) is 0 Å². The van der Waals surface area contributed by atoms with E-state index in [-0.39, 0.29) is 0 Å². The smallest absolute Gasteiger partial charge is 0.122 e. The van der Waals surface area contributed by atoms with Gasteiger partial charge in [-0.05, 0) is 24.1 Å². The fraction of sp³-hybridized carbons (Fsp3) is 0.400. The van der Waals surface area contributed by atoms with Gasteiger partial charge < -0.3 is 10.5 Å². The molecule has 2 N–H and O–H groups in total. The fourth-order valence-electron chi connectivity index (χ4n) is 1.16. The Kier molecular flexibility index (Phi) is 3.25. The molecule has 0 bridgehead atoms. The van der Waals surface area contributed by atoms with Gasteiger partial charge in [0.15, 0.2) is 0 Å². The molecular weight excluding hydrogens is 169 g/mol. The van der Waals surface area contributed by atoms with E-state index in [1.54, 1.807) is 13.2 Å². The number of halogens is 1. The highest BCUT2D eigenvalue weighted by molar-refractivity contribution is 5.37. The van der Waals surface area contributed by atoms with Crippen molar-refractivity contribution in [2.24, 2.45) is 5.73 Å². The molecule has 13 heavy (non-hydrogen) atoms. The van der Waals surface area contributed by atoms with Crippen molar-refractivity contribution in [2.75, 3.05) is 13.8 Å². The van der Waals surface area contributed by atoms with E-state index < -0.39 is 12.7 Å². The first-order valence-corrected chi connectivity index (χ1v) is 4.15. The molecule has 0 aliphatic carbocycles. The van der Waals surface area contributed by atoms with E-state index in [1.165, 1.54) is 0 Å². The molecule has 0 aliphatic heterocycles. The van der Waals surface area contributed by atoms with Crippen molar-refractivity contribution >= 4 is 0 Å². The maximum atomic E-state index is 12.2. The van der Waals surface area contributed by atoms with Crippen molar-refractivity contribution in [3.05, 3.63) is 29.3 Å². The highest BCUT2D eigenvalue weighted by Gasteiger charge is 2.07. The summed E-state index contributed by atoms with van der Waals surface area (Å²) in [5, 5.41) is 0. The summed E-state index contributed by atoms with van der Waals surface area (Å²) in [5.74, 6) is 0.751. The number of alkyl halides is 1. The molecule has 1 aromatic rings. The van der Waals surface area contributed by atoms with Gasteiger partial charge in [0, 0.05) is 0 Å². The molecule has 0 aromatic heterocycles. The molecule has 0 saturated carbocycles. The van der Waals surface area contributed by atoms with E-state index in [9.17, 15) is 4.39 Å². The third kappa shape index (κ3) is 2.18. The average molecular weight is 183 g/mol. The largest absolute Gasteiger partial charge is 0.496 e. The van der Waals surface area contributed by atoms with Crippen LogP contribution in [0.5, 0.6) is 5.75 Å². The van der Waals surface area contributed by atoms with E-state index in [4.69, 9.17) is 10.5 Å². The molecule has 0 aliphatic rings. The van der Waals surface area contributed by atoms with Crippen molar-refractivity contribution in [1.29, 1.82) is 0 Å². The number of aryl methyl sites for hydroxylation is 1. The van der Waals surface area contributed by atoms with Crippen LogP contribution in [0.2, 0.25) is 0 Å².